The molecule has 0 spiro atoms. The zero-order chi connectivity index (χ0) is 11.0. The molecule has 0 radical (unpaired) electrons. The van der Waals surface area contributed by atoms with Crippen LogP contribution in [0.3, 0.4) is 0 Å². The average Bonchev–Trinajstić information content (AvgIpc) is 2.66. The first-order valence-electron chi connectivity index (χ1n) is 5.25. The Bertz CT molecular complexity index is 505. The Balaban J connectivity index is 2.17. The van der Waals surface area contributed by atoms with E-state index in [0.717, 1.165) is 22.9 Å². The van der Waals surface area contributed by atoms with Crippen molar-refractivity contribution in [3.05, 3.63) is 34.8 Å². The molecule has 3 rings (SSSR count). The van der Waals surface area contributed by atoms with E-state index in [9.17, 15) is 0 Å². The van der Waals surface area contributed by atoms with Crippen molar-refractivity contribution in [2.75, 3.05) is 11.5 Å². The first kappa shape index (κ1) is 10.2. The van der Waals surface area contributed by atoms with Gasteiger partial charge in [0.1, 0.15) is 0 Å². The predicted molar refractivity (Wildman–Crippen MR) is 71.8 cm³/mol. The van der Waals surface area contributed by atoms with E-state index >= 15 is 0 Å². The molecule has 0 atom stereocenters. The third kappa shape index (κ3) is 1.62. The van der Waals surface area contributed by atoms with Crippen LogP contribution < -0.4 is 5.73 Å². The second kappa shape index (κ2) is 4.11. The van der Waals surface area contributed by atoms with Crippen molar-refractivity contribution in [2.24, 2.45) is 0 Å². The number of rotatable bonds is 1. The molecule has 0 unspecified atom stereocenters. The molecule has 0 fully saturated rings. The predicted octanol–water partition coefficient (Wildman–Crippen LogP) is 3.18. The molecule has 82 valence electrons. The number of hydrogen-bond acceptors (Lipinski definition) is 4. The Morgan fingerprint density at radius 1 is 1.31 bits per heavy atom. The normalized spacial score (nSPS) is 14.8. The molecule has 16 heavy (non-hydrogen) atoms. The molecule has 0 amide bonds. The first-order valence-corrected chi connectivity index (χ1v) is 7.22. The number of thioether (sulfide) groups is 1. The number of nitrogens with zero attached hydrogens (tertiary/aromatic N) is 1. The highest BCUT2D eigenvalue weighted by molar-refractivity contribution is 7.98. The zero-order valence-electron chi connectivity index (χ0n) is 8.77. The van der Waals surface area contributed by atoms with Gasteiger partial charge in [-0.05, 0) is 29.9 Å². The fourth-order valence-corrected chi connectivity index (χ4v) is 4.31. The van der Waals surface area contributed by atoms with Crippen LogP contribution in [0.2, 0.25) is 0 Å². The second-order valence-corrected chi connectivity index (χ2v) is 6.00. The van der Waals surface area contributed by atoms with Crippen molar-refractivity contribution in [3.63, 3.8) is 0 Å². The Kier molecular flexibility index (Phi) is 2.61. The molecule has 2 N–H and O–H groups in total. The second-order valence-electron chi connectivity index (χ2n) is 3.76. The number of nitrogens with two attached hydrogens (primary N) is 1. The highest BCUT2D eigenvalue weighted by Gasteiger charge is 2.20. The molecule has 1 aliphatic rings. The number of fused-ring (bicyclic) bond motifs is 1. The monoisotopic (exact) mass is 248 g/mol. The summed E-state index contributed by atoms with van der Waals surface area (Å²) < 4.78 is 0. The van der Waals surface area contributed by atoms with E-state index in [1.165, 1.54) is 21.8 Å². The number of aromatic nitrogens is 1. The summed E-state index contributed by atoms with van der Waals surface area (Å²) in [5.41, 5.74) is 9.75. The maximum absolute atomic E-state index is 6.12. The van der Waals surface area contributed by atoms with Crippen LogP contribution >= 0.6 is 23.1 Å². The van der Waals surface area contributed by atoms with Gasteiger partial charge in [-0.15, -0.1) is 11.3 Å². The molecule has 0 aromatic carbocycles. The maximum Gasteiger partial charge on any atom is 0.0957 e. The van der Waals surface area contributed by atoms with Gasteiger partial charge in [-0.1, -0.05) is 6.07 Å². The lowest BCUT2D eigenvalue weighted by Gasteiger charge is -2.12. The lowest BCUT2D eigenvalue weighted by atomic mass is 10.0. The van der Waals surface area contributed by atoms with Gasteiger partial charge in [-0.25, -0.2) is 0 Å². The van der Waals surface area contributed by atoms with Crippen LogP contribution in [0.4, 0.5) is 5.00 Å². The Morgan fingerprint density at radius 2 is 2.25 bits per heavy atom. The van der Waals surface area contributed by atoms with Crippen molar-refractivity contribution in [2.45, 2.75) is 12.2 Å². The molecule has 0 bridgehead atoms. The van der Waals surface area contributed by atoms with Crippen molar-refractivity contribution in [3.8, 4) is 11.3 Å². The van der Waals surface area contributed by atoms with E-state index in [0.29, 0.717) is 0 Å². The Morgan fingerprint density at radius 3 is 3.06 bits per heavy atom. The van der Waals surface area contributed by atoms with E-state index in [1.54, 1.807) is 11.3 Å². The summed E-state index contributed by atoms with van der Waals surface area (Å²) >= 11 is 3.72. The van der Waals surface area contributed by atoms with Crippen LogP contribution in [-0.4, -0.2) is 10.7 Å². The Labute approximate surface area is 103 Å². The van der Waals surface area contributed by atoms with Crippen molar-refractivity contribution >= 4 is 28.1 Å². The molecule has 3 heterocycles. The Hall–Kier alpha value is -1.000. The van der Waals surface area contributed by atoms with Gasteiger partial charge in [0.25, 0.3) is 0 Å². The standard InChI is InChI=1S/C12H12N2S2/c13-12-11(9-3-1-2-5-14-9)8-4-6-15-7-10(8)16-12/h1-3,5H,4,6-7,13H2. The van der Waals surface area contributed by atoms with Crippen LogP contribution in [0.15, 0.2) is 24.4 Å². The van der Waals surface area contributed by atoms with Crippen molar-refractivity contribution < 1.29 is 0 Å². The van der Waals surface area contributed by atoms with Gasteiger partial charge < -0.3 is 5.73 Å². The summed E-state index contributed by atoms with van der Waals surface area (Å²) in [6.45, 7) is 0. The maximum atomic E-state index is 6.12. The molecule has 0 saturated carbocycles. The van der Waals surface area contributed by atoms with Gasteiger partial charge in [0.2, 0.25) is 0 Å². The topological polar surface area (TPSA) is 38.9 Å². The zero-order valence-corrected chi connectivity index (χ0v) is 10.4. The fourth-order valence-electron chi connectivity index (χ4n) is 2.05. The number of pyridine rings is 1. The summed E-state index contributed by atoms with van der Waals surface area (Å²) in [6.07, 6.45) is 2.95. The molecule has 0 aliphatic carbocycles. The summed E-state index contributed by atoms with van der Waals surface area (Å²) in [6, 6.07) is 6.00. The van der Waals surface area contributed by atoms with Gasteiger partial charge >= 0.3 is 0 Å². The van der Waals surface area contributed by atoms with Gasteiger partial charge in [0.05, 0.1) is 10.7 Å². The minimum Gasteiger partial charge on any atom is -0.390 e. The summed E-state index contributed by atoms with van der Waals surface area (Å²) in [5.74, 6) is 2.31. The minimum absolute atomic E-state index is 0.922. The van der Waals surface area contributed by atoms with E-state index in [4.69, 9.17) is 5.73 Å². The van der Waals surface area contributed by atoms with Crippen LogP contribution in [-0.2, 0) is 12.2 Å². The van der Waals surface area contributed by atoms with Gasteiger partial charge in [-0.3, -0.25) is 4.98 Å². The molecule has 2 aromatic rings. The SMILES string of the molecule is Nc1sc2c(c1-c1ccccn1)CCSC2. The molecular weight excluding hydrogens is 236 g/mol. The van der Waals surface area contributed by atoms with E-state index in [2.05, 4.69) is 4.98 Å². The molecule has 2 nitrogen and oxygen atoms in total. The first-order chi connectivity index (χ1) is 7.86. The van der Waals surface area contributed by atoms with Crippen LogP contribution in [0.5, 0.6) is 0 Å². The van der Waals surface area contributed by atoms with E-state index in [-0.39, 0.29) is 0 Å². The smallest absolute Gasteiger partial charge is 0.0957 e. The van der Waals surface area contributed by atoms with Crippen LogP contribution in [0.1, 0.15) is 10.4 Å². The fraction of sp³-hybridized carbons (Fsp3) is 0.250. The van der Waals surface area contributed by atoms with Gasteiger partial charge in [-0.2, -0.15) is 11.8 Å². The summed E-state index contributed by atoms with van der Waals surface area (Å²) in [4.78, 5) is 5.85. The van der Waals surface area contributed by atoms with Crippen molar-refractivity contribution in [1.82, 2.24) is 4.98 Å². The molecular formula is C12H12N2S2. The summed E-state index contributed by atoms with van der Waals surface area (Å²) in [5, 5.41) is 0.922. The van der Waals surface area contributed by atoms with E-state index in [1.807, 2.05) is 36.2 Å². The molecule has 1 aliphatic heterocycles. The molecule has 0 saturated heterocycles. The lowest BCUT2D eigenvalue weighted by molar-refractivity contribution is 1.11. The third-order valence-electron chi connectivity index (χ3n) is 2.77. The minimum atomic E-state index is 0.922. The lowest BCUT2D eigenvalue weighted by Crippen LogP contribution is -2.00. The average molecular weight is 248 g/mol. The number of anilines is 1. The highest BCUT2D eigenvalue weighted by Crippen LogP contribution is 2.42. The number of hydrogen-bond donors (Lipinski definition) is 1. The third-order valence-corrected chi connectivity index (χ3v) is 5.00. The van der Waals surface area contributed by atoms with Gasteiger partial charge in [0.15, 0.2) is 0 Å². The van der Waals surface area contributed by atoms with Crippen LogP contribution in [0, 0.1) is 0 Å². The van der Waals surface area contributed by atoms with E-state index < -0.39 is 0 Å². The highest BCUT2D eigenvalue weighted by atomic mass is 32.2. The summed E-state index contributed by atoms with van der Waals surface area (Å²) in [7, 11) is 0. The van der Waals surface area contributed by atoms with Gasteiger partial charge in [0, 0.05) is 22.4 Å². The molecule has 2 aromatic heterocycles. The largest absolute Gasteiger partial charge is 0.390 e. The van der Waals surface area contributed by atoms with Crippen molar-refractivity contribution in [1.29, 1.82) is 0 Å². The van der Waals surface area contributed by atoms with Crippen LogP contribution in [0.25, 0.3) is 11.3 Å². The molecule has 4 heteroatoms. The number of thiophene rings is 1. The quantitative estimate of drug-likeness (QED) is 0.842. The number of nitrogen functional groups attached to an aromatic ring is 1.